The van der Waals surface area contributed by atoms with Gasteiger partial charge in [-0.15, -0.1) is 0 Å². The molecule has 0 saturated heterocycles. The van der Waals surface area contributed by atoms with Crippen molar-refractivity contribution in [3.63, 3.8) is 0 Å². The van der Waals surface area contributed by atoms with Crippen LogP contribution in [0.3, 0.4) is 0 Å². The van der Waals surface area contributed by atoms with E-state index in [2.05, 4.69) is 0 Å². The molecule has 2 N–H and O–H groups in total. The van der Waals surface area contributed by atoms with Gasteiger partial charge in [-0.3, -0.25) is 4.79 Å². The van der Waals surface area contributed by atoms with E-state index in [0.29, 0.717) is 12.5 Å². The molecule has 1 heterocycles. The van der Waals surface area contributed by atoms with E-state index in [4.69, 9.17) is 10.5 Å². The first-order chi connectivity index (χ1) is 6.27. The average Bonchev–Trinajstić information content (AvgIpc) is 2.02. The summed E-state index contributed by atoms with van der Waals surface area (Å²) >= 11 is 0. The number of hydrogen-bond acceptors (Lipinski definition) is 2. The van der Waals surface area contributed by atoms with Crippen molar-refractivity contribution in [1.82, 2.24) is 0 Å². The summed E-state index contributed by atoms with van der Waals surface area (Å²) in [5.74, 6) is 0.484. The first-order valence-corrected chi connectivity index (χ1v) is 4.61. The molecular formula is C10H13NO2. The fraction of sp³-hybridized carbons (Fsp3) is 0.500. The lowest BCUT2D eigenvalue weighted by molar-refractivity contribution is -0.117. The lowest BCUT2D eigenvalue weighted by Gasteiger charge is -2.29. The van der Waals surface area contributed by atoms with Crippen molar-refractivity contribution >= 4 is 5.91 Å². The molecule has 0 bridgehead atoms. The van der Waals surface area contributed by atoms with Crippen molar-refractivity contribution in [3.05, 3.63) is 23.5 Å². The molecule has 1 fully saturated rings. The molecule has 2 aliphatic rings. The van der Waals surface area contributed by atoms with Gasteiger partial charge >= 0.3 is 0 Å². The van der Waals surface area contributed by atoms with Crippen molar-refractivity contribution in [2.75, 3.05) is 6.61 Å². The van der Waals surface area contributed by atoms with Crippen LogP contribution in [0.1, 0.15) is 19.3 Å². The van der Waals surface area contributed by atoms with Crippen molar-refractivity contribution in [2.24, 2.45) is 11.7 Å². The maximum absolute atomic E-state index is 10.7. The van der Waals surface area contributed by atoms with Crippen LogP contribution in [0.25, 0.3) is 0 Å². The summed E-state index contributed by atoms with van der Waals surface area (Å²) in [6, 6.07) is 0. The van der Waals surface area contributed by atoms with Crippen LogP contribution in [-0.4, -0.2) is 12.5 Å². The molecule has 3 nitrogen and oxygen atoms in total. The second-order valence-corrected chi connectivity index (χ2v) is 3.55. The van der Waals surface area contributed by atoms with Crippen LogP contribution in [0.2, 0.25) is 0 Å². The molecule has 0 aromatic carbocycles. The molecule has 70 valence electrons. The lowest BCUT2D eigenvalue weighted by Crippen LogP contribution is -2.23. The Labute approximate surface area is 77.2 Å². The third-order valence-corrected chi connectivity index (χ3v) is 2.72. The number of nitrogens with two attached hydrogens (primary N) is 1. The minimum absolute atomic E-state index is 0.281. The molecule has 1 amide bonds. The highest BCUT2D eigenvalue weighted by Gasteiger charge is 2.24. The van der Waals surface area contributed by atoms with Gasteiger partial charge in [-0.25, -0.2) is 0 Å². The third kappa shape index (κ3) is 1.59. The van der Waals surface area contributed by atoms with E-state index in [-0.39, 0.29) is 5.76 Å². The Hall–Kier alpha value is -1.25. The summed E-state index contributed by atoms with van der Waals surface area (Å²) in [4.78, 5) is 10.7. The van der Waals surface area contributed by atoms with Crippen LogP contribution in [0.15, 0.2) is 23.5 Å². The number of rotatable bonds is 2. The summed E-state index contributed by atoms with van der Waals surface area (Å²) in [5, 5.41) is 0. The molecule has 0 aromatic heterocycles. The maximum atomic E-state index is 10.7. The van der Waals surface area contributed by atoms with Crippen LogP contribution >= 0.6 is 0 Å². The van der Waals surface area contributed by atoms with E-state index >= 15 is 0 Å². The van der Waals surface area contributed by atoms with Crippen LogP contribution in [-0.2, 0) is 9.53 Å². The number of allylic oxidation sites excluding steroid dienone is 2. The molecule has 2 rings (SSSR count). The minimum atomic E-state index is -0.482. The van der Waals surface area contributed by atoms with Crippen molar-refractivity contribution < 1.29 is 9.53 Å². The van der Waals surface area contributed by atoms with E-state index in [9.17, 15) is 4.79 Å². The van der Waals surface area contributed by atoms with E-state index in [1.807, 2.05) is 6.08 Å². The van der Waals surface area contributed by atoms with Crippen LogP contribution in [0, 0.1) is 5.92 Å². The Morgan fingerprint density at radius 2 is 2.23 bits per heavy atom. The van der Waals surface area contributed by atoms with Gasteiger partial charge in [0, 0.05) is 0 Å². The van der Waals surface area contributed by atoms with E-state index in [1.165, 1.54) is 24.8 Å². The van der Waals surface area contributed by atoms with Crippen LogP contribution < -0.4 is 5.73 Å². The molecule has 0 radical (unpaired) electrons. The van der Waals surface area contributed by atoms with Gasteiger partial charge in [-0.2, -0.15) is 0 Å². The summed E-state index contributed by atoms with van der Waals surface area (Å²) in [6.07, 6.45) is 7.49. The van der Waals surface area contributed by atoms with Gasteiger partial charge in [0.05, 0.1) is 0 Å². The number of amides is 1. The predicted octanol–water partition coefficient (Wildman–Crippen LogP) is 1.11. The first kappa shape index (κ1) is 8.35. The molecular weight excluding hydrogens is 166 g/mol. The number of hydrogen-bond donors (Lipinski definition) is 1. The lowest BCUT2D eigenvalue weighted by atomic mass is 9.79. The second kappa shape index (κ2) is 3.24. The van der Waals surface area contributed by atoms with E-state index in [0.717, 1.165) is 0 Å². The molecule has 0 atom stereocenters. The van der Waals surface area contributed by atoms with Crippen molar-refractivity contribution in [1.29, 1.82) is 0 Å². The summed E-state index contributed by atoms with van der Waals surface area (Å²) in [6.45, 7) is 0.541. The van der Waals surface area contributed by atoms with Gasteiger partial charge in [-0.05, 0) is 30.4 Å². The topological polar surface area (TPSA) is 52.3 Å². The Morgan fingerprint density at radius 1 is 1.46 bits per heavy atom. The first-order valence-electron chi connectivity index (χ1n) is 4.61. The van der Waals surface area contributed by atoms with Gasteiger partial charge < -0.3 is 10.5 Å². The highest BCUT2D eigenvalue weighted by Crippen LogP contribution is 2.34. The van der Waals surface area contributed by atoms with Crippen molar-refractivity contribution in [2.45, 2.75) is 19.3 Å². The molecule has 1 aliphatic heterocycles. The monoisotopic (exact) mass is 179 g/mol. The number of carbonyl (C=O) groups excluding carboxylic acids is 1. The zero-order chi connectivity index (χ0) is 9.26. The zero-order valence-corrected chi connectivity index (χ0v) is 7.45. The van der Waals surface area contributed by atoms with E-state index < -0.39 is 5.91 Å². The Bertz CT molecular complexity index is 287. The third-order valence-electron chi connectivity index (χ3n) is 2.72. The summed E-state index contributed by atoms with van der Waals surface area (Å²) in [5.41, 5.74) is 6.38. The van der Waals surface area contributed by atoms with Gasteiger partial charge in [0.1, 0.15) is 6.61 Å². The van der Waals surface area contributed by atoms with E-state index in [1.54, 1.807) is 6.08 Å². The number of carbonyl (C=O) groups is 1. The minimum Gasteiger partial charge on any atom is -0.483 e. The van der Waals surface area contributed by atoms with Gasteiger partial charge in [0.15, 0.2) is 5.76 Å². The van der Waals surface area contributed by atoms with Crippen LogP contribution in [0.4, 0.5) is 0 Å². The van der Waals surface area contributed by atoms with Gasteiger partial charge in [0.2, 0.25) is 0 Å². The molecule has 13 heavy (non-hydrogen) atoms. The predicted molar refractivity (Wildman–Crippen MR) is 48.7 cm³/mol. The molecule has 3 heteroatoms. The molecule has 0 aromatic rings. The summed E-state index contributed by atoms with van der Waals surface area (Å²) < 4.78 is 5.23. The quantitative estimate of drug-likeness (QED) is 0.690. The average molecular weight is 179 g/mol. The highest BCUT2D eigenvalue weighted by molar-refractivity contribution is 5.90. The fourth-order valence-corrected chi connectivity index (χ4v) is 1.63. The van der Waals surface area contributed by atoms with Crippen molar-refractivity contribution in [3.8, 4) is 0 Å². The van der Waals surface area contributed by atoms with Gasteiger partial charge in [-0.1, -0.05) is 12.5 Å². The highest BCUT2D eigenvalue weighted by atomic mass is 16.5. The van der Waals surface area contributed by atoms with Gasteiger partial charge in [0.25, 0.3) is 5.91 Å². The Balaban J connectivity index is 2.05. The SMILES string of the molecule is NC(=O)C1=CC=C(C2CCC2)CO1. The largest absolute Gasteiger partial charge is 0.483 e. The molecule has 1 saturated carbocycles. The summed E-state index contributed by atoms with van der Waals surface area (Å²) in [7, 11) is 0. The number of ether oxygens (including phenoxy) is 1. The smallest absolute Gasteiger partial charge is 0.283 e. The Kier molecular flexibility index (Phi) is 2.08. The van der Waals surface area contributed by atoms with Crippen LogP contribution in [0.5, 0.6) is 0 Å². The Morgan fingerprint density at radius 3 is 2.62 bits per heavy atom. The zero-order valence-electron chi connectivity index (χ0n) is 7.45. The maximum Gasteiger partial charge on any atom is 0.283 e. The number of primary amides is 1. The normalized spacial score (nSPS) is 22.5. The molecule has 1 aliphatic carbocycles. The fourth-order valence-electron chi connectivity index (χ4n) is 1.63. The molecule has 0 spiro atoms. The second-order valence-electron chi connectivity index (χ2n) is 3.55. The standard InChI is InChI=1S/C10H13NO2/c11-10(12)9-5-4-8(6-13-9)7-2-1-3-7/h4-5,7H,1-3,6H2,(H2,11,12). The molecule has 0 unspecified atom stereocenters.